The average Bonchev–Trinajstić information content (AvgIpc) is 2.78. The molecule has 114 valence electrons. The van der Waals surface area contributed by atoms with Crippen LogP contribution in [0.1, 0.15) is 18.2 Å². The van der Waals surface area contributed by atoms with Crippen molar-refractivity contribution in [3.63, 3.8) is 0 Å². The molecule has 1 saturated heterocycles. The Kier molecular flexibility index (Phi) is 6.08. The molecular weight excluding hydrogens is 266 g/mol. The first kappa shape index (κ1) is 16.6. The molecule has 8 nitrogen and oxygen atoms in total. The molecule has 0 aliphatic carbocycles. The molecule has 2 rings (SSSR count). The van der Waals surface area contributed by atoms with Crippen molar-refractivity contribution in [2.45, 2.75) is 31.8 Å². The van der Waals surface area contributed by atoms with E-state index < -0.39 is 18.0 Å². The van der Waals surface area contributed by atoms with Crippen molar-refractivity contribution in [1.82, 2.24) is 9.55 Å². The fourth-order valence-electron chi connectivity index (χ4n) is 2.03. The number of aliphatic hydroxyl groups excluding tert-OH is 2. The van der Waals surface area contributed by atoms with Crippen molar-refractivity contribution in [3.05, 3.63) is 22.2 Å². The Morgan fingerprint density at radius 2 is 2.25 bits per heavy atom. The summed E-state index contributed by atoms with van der Waals surface area (Å²) in [5, 5.41) is 16.9. The second-order valence-electron chi connectivity index (χ2n) is 4.41. The van der Waals surface area contributed by atoms with Crippen molar-refractivity contribution < 1.29 is 19.7 Å². The molecule has 1 aliphatic rings. The summed E-state index contributed by atoms with van der Waals surface area (Å²) in [5.74, 6) is 0.192. The molecule has 1 unspecified atom stereocenters. The summed E-state index contributed by atoms with van der Waals surface area (Å²) in [6.07, 6.45) is 0.263. The molecule has 0 amide bonds. The molecule has 0 saturated carbocycles. The van der Waals surface area contributed by atoms with Crippen molar-refractivity contribution in [3.8, 4) is 0 Å². The number of aryl methyl sites for hydroxylation is 1. The van der Waals surface area contributed by atoms with Gasteiger partial charge in [-0.05, 0) is 6.92 Å². The van der Waals surface area contributed by atoms with E-state index in [-0.39, 0.29) is 11.9 Å². The maximum absolute atomic E-state index is 11.7. The summed E-state index contributed by atoms with van der Waals surface area (Å²) >= 11 is 0. The van der Waals surface area contributed by atoms with Gasteiger partial charge in [0.05, 0.1) is 12.7 Å². The molecule has 0 aromatic carbocycles. The third-order valence-electron chi connectivity index (χ3n) is 2.97. The number of rotatable bonds is 3. The first-order chi connectivity index (χ1) is 9.52. The van der Waals surface area contributed by atoms with Crippen molar-refractivity contribution >= 4 is 5.82 Å². The van der Waals surface area contributed by atoms with Crippen LogP contribution in [0.15, 0.2) is 11.0 Å². The molecule has 0 radical (unpaired) electrons. The number of aliphatic hydroxyl groups is 2. The maximum atomic E-state index is 11.7. The molecular formula is C12H21N3O5. The Hall–Kier alpha value is -1.48. The third kappa shape index (κ3) is 3.54. The van der Waals surface area contributed by atoms with Crippen molar-refractivity contribution in [2.24, 2.45) is 0 Å². The van der Waals surface area contributed by atoms with Gasteiger partial charge in [-0.15, -0.1) is 0 Å². The number of nitrogen functional groups attached to an aromatic ring is 1. The largest absolute Gasteiger partial charge is 0.400 e. The molecule has 0 spiro atoms. The summed E-state index contributed by atoms with van der Waals surface area (Å²) in [7, 11) is 2.56. The highest BCUT2D eigenvalue weighted by Crippen LogP contribution is 2.28. The van der Waals surface area contributed by atoms with Crippen LogP contribution in [0.4, 0.5) is 5.82 Å². The Labute approximate surface area is 116 Å². The van der Waals surface area contributed by atoms with E-state index in [1.165, 1.54) is 4.57 Å². The Bertz CT molecular complexity index is 490. The zero-order valence-corrected chi connectivity index (χ0v) is 11.8. The van der Waals surface area contributed by atoms with Gasteiger partial charge in [0, 0.05) is 32.4 Å². The standard InChI is InChI=1S/C11H17N3O4.CH4O/c1-6-4-14(11(16)13-9(6)12)10-8(15)3-7(18-10)5-17-2;1-2/h4,7-8,10,15H,3,5H2,1-2H3,(H2,12,13,16);2H,1H3/t7-,8?,10+;/m0./s1. The topological polar surface area (TPSA) is 120 Å². The van der Waals surface area contributed by atoms with Gasteiger partial charge in [-0.2, -0.15) is 4.98 Å². The van der Waals surface area contributed by atoms with E-state index >= 15 is 0 Å². The van der Waals surface area contributed by atoms with Gasteiger partial charge in [0.15, 0.2) is 6.23 Å². The minimum absolute atomic E-state index is 0.192. The SMILES string of the molecule is CO.COC[C@@H]1CC(O)[C@H](n2cc(C)c(N)nc2=O)O1. The second-order valence-corrected chi connectivity index (χ2v) is 4.41. The van der Waals surface area contributed by atoms with Gasteiger partial charge < -0.3 is 25.4 Å². The number of anilines is 1. The zero-order chi connectivity index (χ0) is 15.3. The Morgan fingerprint density at radius 3 is 2.85 bits per heavy atom. The van der Waals surface area contributed by atoms with E-state index in [2.05, 4.69) is 4.98 Å². The minimum Gasteiger partial charge on any atom is -0.400 e. The van der Waals surface area contributed by atoms with E-state index in [1.54, 1.807) is 20.2 Å². The number of methoxy groups -OCH3 is 1. The predicted octanol–water partition coefficient (Wildman–Crippen LogP) is -0.963. The molecule has 2 heterocycles. The molecule has 1 fully saturated rings. The lowest BCUT2D eigenvalue weighted by atomic mass is 10.2. The minimum atomic E-state index is -0.757. The van der Waals surface area contributed by atoms with Crippen molar-refractivity contribution in [1.29, 1.82) is 0 Å². The van der Waals surface area contributed by atoms with Crippen molar-refractivity contribution in [2.75, 3.05) is 26.6 Å². The molecule has 20 heavy (non-hydrogen) atoms. The lowest BCUT2D eigenvalue weighted by Crippen LogP contribution is -2.32. The number of ether oxygens (including phenoxy) is 2. The molecule has 4 N–H and O–H groups in total. The van der Waals surface area contributed by atoms with Crippen LogP contribution in [0.25, 0.3) is 0 Å². The highest BCUT2D eigenvalue weighted by Gasteiger charge is 2.35. The van der Waals surface area contributed by atoms with Crippen LogP contribution in [0.5, 0.6) is 0 Å². The van der Waals surface area contributed by atoms with Crippen LogP contribution in [0.3, 0.4) is 0 Å². The maximum Gasteiger partial charge on any atom is 0.351 e. The van der Waals surface area contributed by atoms with Gasteiger partial charge in [0.1, 0.15) is 11.9 Å². The van der Waals surface area contributed by atoms with E-state index in [9.17, 15) is 9.90 Å². The summed E-state index contributed by atoms with van der Waals surface area (Å²) in [4.78, 5) is 15.4. The highest BCUT2D eigenvalue weighted by molar-refractivity contribution is 5.35. The van der Waals surface area contributed by atoms with E-state index in [4.69, 9.17) is 20.3 Å². The van der Waals surface area contributed by atoms with Crippen LogP contribution < -0.4 is 11.4 Å². The first-order valence-corrected chi connectivity index (χ1v) is 6.15. The average molecular weight is 287 g/mol. The van der Waals surface area contributed by atoms with Crippen LogP contribution in [0, 0.1) is 6.92 Å². The van der Waals surface area contributed by atoms with Crippen LogP contribution in [-0.4, -0.2) is 52.8 Å². The number of nitrogens with two attached hydrogens (primary N) is 1. The smallest absolute Gasteiger partial charge is 0.351 e. The zero-order valence-electron chi connectivity index (χ0n) is 11.8. The Balaban J connectivity index is 0.000000956. The van der Waals surface area contributed by atoms with Gasteiger partial charge in [-0.1, -0.05) is 0 Å². The molecule has 1 aromatic heterocycles. The summed E-state index contributed by atoms with van der Waals surface area (Å²) in [5.41, 5.74) is 5.69. The second kappa shape index (κ2) is 7.34. The third-order valence-corrected chi connectivity index (χ3v) is 2.97. The summed E-state index contributed by atoms with van der Waals surface area (Å²) in [6, 6.07) is 0. The van der Waals surface area contributed by atoms with Gasteiger partial charge in [0.25, 0.3) is 0 Å². The van der Waals surface area contributed by atoms with Crippen LogP contribution in [0.2, 0.25) is 0 Å². The number of nitrogens with zero attached hydrogens (tertiary/aromatic N) is 2. The van der Waals surface area contributed by atoms with E-state index in [0.29, 0.717) is 18.6 Å². The number of hydrogen-bond acceptors (Lipinski definition) is 7. The molecule has 3 atom stereocenters. The quantitative estimate of drug-likeness (QED) is 0.654. The van der Waals surface area contributed by atoms with Gasteiger partial charge in [0.2, 0.25) is 0 Å². The molecule has 0 bridgehead atoms. The lowest BCUT2D eigenvalue weighted by molar-refractivity contribution is -0.0582. The predicted molar refractivity (Wildman–Crippen MR) is 72.2 cm³/mol. The summed E-state index contributed by atoms with van der Waals surface area (Å²) in [6.45, 7) is 2.12. The van der Waals surface area contributed by atoms with Gasteiger partial charge in [-0.25, -0.2) is 4.79 Å². The monoisotopic (exact) mass is 287 g/mol. The lowest BCUT2D eigenvalue weighted by Gasteiger charge is -2.18. The number of hydrogen-bond donors (Lipinski definition) is 3. The molecule has 8 heteroatoms. The number of aromatic nitrogens is 2. The Morgan fingerprint density at radius 1 is 1.60 bits per heavy atom. The molecule has 1 aliphatic heterocycles. The summed E-state index contributed by atoms with van der Waals surface area (Å²) < 4.78 is 11.8. The normalized spacial score (nSPS) is 25.1. The highest BCUT2D eigenvalue weighted by atomic mass is 16.6. The van der Waals surface area contributed by atoms with E-state index in [0.717, 1.165) is 7.11 Å². The first-order valence-electron chi connectivity index (χ1n) is 6.15. The fourth-order valence-corrected chi connectivity index (χ4v) is 2.03. The van der Waals surface area contributed by atoms with Crippen LogP contribution >= 0.6 is 0 Å². The molecule has 1 aromatic rings. The van der Waals surface area contributed by atoms with E-state index in [1.807, 2.05) is 0 Å². The van der Waals surface area contributed by atoms with Gasteiger partial charge in [-0.3, -0.25) is 4.57 Å². The van der Waals surface area contributed by atoms with Crippen LogP contribution in [-0.2, 0) is 9.47 Å². The fraction of sp³-hybridized carbons (Fsp3) is 0.667. The van der Waals surface area contributed by atoms with Gasteiger partial charge >= 0.3 is 5.69 Å².